The number of esters is 1. The molecule has 2 aromatic carbocycles. The highest BCUT2D eigenvalue weighted by Crippen LogP contribution is 2.16. The minimum absolute atomic E-state index is 0.109. The molecule has 2 aromatic rings. The van der Waals surface area contributed by atoms with E-state index in [9.17, 15) is 9.18 Å². The van der Waals surface area contributed by atoms with Gasteiger partial charge in [0.1, 0.15) is 12.4 Å². The van der Waals surface area contributed by atoms with E-state index in [0.717, 1.165) is 12.0 Å². The summed E-state index contributed by atoms with van der Waals surface area (Å²) in [5.41, 5.74) is 3.66. The van der Waals surface area contributed by atoms with Crippen LogP contribution in [0.5, 0.6) is 0 Å². The van der Waals surface area contributed by atoms with Gasteiger partial charge in [0.05, 0.1) is 0 Å². The van der Waals surface area contributed by atoms with Crippen molar-refractivity contribution < 1.29 is 13.9 Å². The average molecular weight is 286 g/mol. The van der Waals surface area contributed by atoms with Gasteiger partial charge in [0.15, 0.2) is 0 Å². The number of carbonyl (C=O) groups is 1. The normalized spacial score (nSPS) is 10.4. The molecule has 2 rings (SSSR count). The Balaban J connectivity index is 2.07. The number of benzene rings is 2. The van der Waals surface area contributed by atoms with Crippen molar-refractivity contribution >= 4 is 5.97 Å². The van der Waals surface area contributed by atoms with Crippen LogP contribution < -0.4 is 0 Å². The Bertz CT molecular complexity index is 618. The molecule has 0 saturated carbocycles. The number of aryl methyl sites for hydroxylation is 1. The van der Waals surface area contributed by atoms with Crippen LogP contribution in [0.2, 0.25) is 0 Å². The summed E-state index contributed by atoms with van der Waals surface area (Å²) >= 11 is 0. The molecule has 110 valence electrons. The van der Waals surface area contributed by atoms with Crippen molar-refractivity contribution in [2.75, 3.05) is 0 Å². The van der Waals surface area contributed by atoms with E-state index >= 15 is 0 Å². The lowest BCUT2D eigenvalue weighted by Gasteiger charge is -2.07. The third-order valence-electron chi connectivity index (χ3n) is 3.39. The van der Waals surface area contributed by atoms with Crippen LogP contribution in [0, 0.1) is 5.82 Å². The average Bonchev–Trinajstić information content (AvgIpc) is 2.48. The fraction of sp³-hybridized carbons (Fsp3) is 0.278. The van der Waals surface area contributed by atoms with E-state index in [-0.39, 0.29) is 18.4 Å². The highest BCUT2D eigenvalue weighted by atomic mass is 19.1. The number of carbonyl (C=O) groups excluding carboxylic acids is 1. The number of hydrogen-bond donors (Lipinski definition) is 0. The molecule has 0 amide bonds. The zero-order chi connectivity index (χ0) is 15.2. The lowest BCUT2D eigenvalue weighted by molar-refractivity contribution is -0.142. The number of rotatable bonds is 5. The summed E-state index contributed by atoms with van der Waals surface area (Å²) in [6.45, 7) is 3.55. The van der Waals surface area contributed by atoms with E-state index in [1.807, 2.05) is 12.1 Å². The topological polar surface area (TPSA) is 26.3 Å². The number of hydrogen-bond acceptors (Lipinski definition) is 2. The van der Waals surface area contributed by atoms with Gasteiger partial charge in [0, 0.05) is 13.3 Å². The van der Waals surface area contributed by atoms with E-state index in [0.29, 0.717) is 17.5 Å². The zero-order valence-corrected chi connectivity index (χ0v) is 12.4. The van der Waals surface area contributed by atoms with Crippen molar-refractivity contribution in [3.05, 3.63) is 70.5 Å². The van der Waals surface area contributed by atoms with Crippen molar-refractivity contribution in [3.8, 4) is 0 Å². The second-order valence-corrected chi connectivity index (χ2v) is 5.05. The summed E-state index contributed by atoms with van der Waals surface area (Å²) < 4.78 is 18.9. The van der Waals surface area contributed by atoms with Crippen molar-refractivity contribution in [2.45, 2.75) is 33.3 Å². The maximum Gasteiger partial charge on any atom is 0.302 e. The monoisotopic (exact) mass is 286 g/mol. The third kappa shape index (κ3) is 4.42. The van der Waals surface area contributed by atoms with Gasteiger partial charge in [-0.15, -0.1) is 0 Å². The van der Waals surface area contributed by atoms with Crippen molar-refractivity contribution in [1.82, 2.24) is 0 Å². The molecule has 0 aliphatic heterocycles. The summed E-state index contributed by atoms with van der Waals surface area (Å²) in [6.07, 6.45) is 1.56. The summed E-state index contributed by atoms with van der Waals surface area (Å²) in [4.78, 5) is 10.7. The molecule has 0 aromatic heterocycles. The maximum absolute atomic E-state index is 14.1. The zero-order valence-electron chi connectivity index (χ0n) is 12.4. The smallest absolute Gasteiger partial charge is 0.302 e. The molecular formula is C18H19FO2. The van der Waals surface area contributed by atoms with Crippen LogP contribution in [0.25, 0.3) is 0 Å². The molecule has 0 fully saturated rings. The van der Waals surface area contributed by atoms with Crippen molar-refractivity contribution in [3.63, 3.8) is 0 Å². The standard InChI is InChI=1S/C18H19FO2/c1-3-14-4-6-15(7-5-14)10-17-9-8-16(11-18(17)19)12-21-13(2)20/h4-9,11H,3,10,12H2,1-2H3. The molecule has 0 aliphatic carbocycles. The fourth-order valence-corrected chi connectivity index (χ4v) is 2.12. The second-order valence-electron chi connectivity index (χ2n) is 5.05. The molecule has 0 radical (unpaired) electrons. The van der Waals surface area contributed by atoms with E-state index in [1.165, 1.54) is 18.6 Å². The van der Waals surface area contributed by atoms with Crippen LogP contribution in [0.4, 0.5) is 4.39 Å². The molecule has 0 atom stereocenters. The first-order valence-electron chi connectivity index (χ1n) is 7.07. The van der Waals surface area contributed by atoms with Gasteiger partial charge in [-0.2, -0.15) is 0 Å². The van der Waals surface area contributed by atoms with Gasteiger partial charge < -0.3 is 4.74 Å². The Morgan fingerprint density at radius 3 is 2.24 bits per heavy atom. The SMILES string of the molecule is CCc1ccc(Cc2ccc(COC(C)=O)cc2F)cc1. The minimum atomic E-state index is -0.365. The van der Waals surface area contributed by atoms with Gasteiger partial charge in [-0.3, -0.25) is 4.79 Å². The molecule has 3 heteroatoms. The van der Waals surface area contributed by atoms with E-state index in [1.54, 1.807) is 12.1 Å². The predicted molar refractivity (Wildman–Crippen MR) is 80.5 cm³/mol. The largest absolute Gasteiger partial charge is 0.461 e. The molecular weight excluding hydrogens is 267 g/mol. The molecule has 0 saturated heterocycles. The van der Waals surface area contributed by atoms with Gasteiger partial charge >= 0.3 is 5.97 Å². The molecule has 0 aliphatic rings. The van der Waals surface area contributed by atoms with Gasteiger partial charge in [0.2, 0.25) is 0 Å². The molecule has 0 spiro atoms. The quantitative estimate of drug-likeness (QED) is 0.775. The summed E-state index contributed by atoms with van der Waals surface area (Å²) in [7, 11) is 0. The lowest BCUT2D eigenvalue weighted by atomic mass is 10.0. The van der Waals surface area contributed by atoms with Gasteiger partial charge in [-0.25, -0.2) is 4.39 Å². The van der Waals surface area contributed by atoms with Gasteiger partial charge in [-0.1, -0.05) is 43.3 Å². The van der Waals surface area contributed by atoms with Crippen LogP contribution in [-0.4, -0.2) is 5.97 Å². The predicted octanol–water partition coefficient (Wildman–Crippen LogP) is 4.04. The maximum atomic E-state index is 14.1. The molecule has 2 nitrogen and oxygen atoms in total. The second kappa shape index (κ2) is 7.02. The van der Waals surface area contributed by atoms with Crippen LogP contribution >= 0.6 is 0 Å². The molecule has 0 N–H and O–H groups in total. The lowest BCUT2D eigenvalue weighted by Crippen LogP contribution is -2.00. The minimum Gasteiger partial charge on any atom is -0.461 e. The summed E-state index contributed by atoms with van der Waals surface area (Å²) in [6, 6.07) is 13.2. The molecule has 21 heavy (non-hydrogen) atoms. The molecule has 0 unspecified atom stereocenters. The number of ether oxygens (including phenoxy) is 1. The first-order chi connectivity index (χ1) is 10.1. The van der Waals surface area contributed by atoms with Crippen molar-refractivity contribution in [2.24, 2.45) is 0 Å². The highest BCUT2D eigenvalue weighted by Gasteiger charge is 2.06. The highest BCUT2D eigenvalue weighted by molar-refractivity contribution is 5.65. The first-order valence-corrected chi connectivity index (χ1v) is 7.07. The first kappa shape index (κ1) is 15.2. The molecule has 0 heterocycles. The fourth-order valence-electron chi connectivity index (χ4n) is 2.12. The summed E-state index contributed by atoms with van der Waals surface area (Å²) in [5, 5.41) is 0. The van der Waals surface area contributed by atoms with Crippen LogP contribution in [-0.2, 0) is 29.0 Å². The Morgan fingerprint density at radius 2 is 1.67 bits per heavy atom. The van der Waals surface area contributed by atoms with E-state index < -0.39 is 0 Å². The Labute approximate surface area is 124 Å². The van der Waals surface area contributed by atoms with Crippen LogP contribution in [0.3, 0.4) is 0 Å². The van der Waals surface area contributed by atoms with Gasteiger partial charge in [-0.05, 0) is 34.7 Å². The number of halogens is 1. The third-order valence-corrected chi connectivity index (χ3v) is 3.39. The van der Waals surface area contributed by atoms with Crippen LogP contribution in [0.1, 0.15) is 36.1 Å². The van der Waals surface area contributed by atoms with Crippen LogP contribution in [0.15, 0.2) is 42.5 Å². The summed E-state index contributed by atoms with van der Waals surface area (Å²) in [5.74, 6) is -0.630. The molecule has 0 bridgehead atoms. The Morgan fingerprint density at radius 1 is 1.05 bits per heavy atom. The van der Waals surface area contributed by atoms with Crippen molar-refractivity contribution in [1.29, 1.82) is 0 Å². The Hall–Kier alpha value is -2.16. The van der Waals surface area contributed by atoms with E-state index in [4.69, 9.17) is 4.74 Å². The Kier molecular flexibility index (Phi) is 5.09. The van der Waals surface area contributed by atoms with Gasteiger partial charge in [0.25, 0.3) is 0 Å². The van der Waals surface area contributed by atoms with E-state index in [2.05, 4.69) is 19.1 Å².